The van der Waals surface area contributed by atoms with Crippen LogP contribution in [0.25, 0.3) is 0 Å². The second-order valence-electron chi connectivity index (χ2n) is 3.46. The van der Waals surface area contributed by atoms with E-state index < -0.39 is 5.97 Å². The number of aliphatic hydroxyl groups is 1. The minimum atomic E-state index is -0.542. The molecule has 1 rings (SSSR count). The van der Waals surface area contributed by atoms with Gasteiger partial charge in [0.1, 0.15) is 5.82 Å². The van der Waals surface area contributed by atoms with Crippen molar-refractivity contribution in [3.63, 3.8) is 0 Å². The van der Waals surface area contributed by atoms with E-state index in [4.69, 9.17) is 9.84 Å². The summed E-state index contributed by atoms with van der Waals surface area (Å²) in [4.78, 5) is 21.2. The minimum Gasteiger partial charge on any atom is -0.464 e. The number of nitrogens with zero attached hydrogens (tertiary/aromatic N) is 3. The highest BCUT2D eigenvalue weighted by atomic mass is 16.5. The number of carbonyl (C=O) groups excluding carboxylic acids is 1. The maximum absolute atomic E-state index is 11.3. The van der Waals surface area contributed by atoms with Gasteiger partial charge in [0.2, 0.25) is 0 Å². The first-order chi connectivity index (χ1) is 8.72. The van der Waals surface area contributed by atoms with Gasteiger partial charge in [0.15, 0.2) is 5.69 Å². The number of methoxy groups -OCH3 is 2. The SMILES string of the molecule is COCCN(CCO)c1cncc(C(=O)OC)n1. The molecule has 100 valence electrons. The second kappa shape index (κ2) is 7.57. The molecule has 0 aliphatic carbocycles. The smallest absolute Gasteiger partial charge is 0.358 e. The second-order valence-corrected chi connectivity index (χ2v) is 3.46. The Morgan fingerprint density at radius 2 is 2.17 bits per heavy atom. The van der Waals surface area contributed by atoms with E-state index in [1.807, 2.05) is 0 Å². The molecule has 0 spiro atoms. The van der Waals surface area contributed by atoms with Gasteiger partial charge in [-0.2, -0.15) is 0 Å². The highest BCUT2D eigenvalue weighted by Gasteiger charge is 2.12. The van der Waals surface area contributed by atoms with Crippen molar-refractivity contribution < 1.29 is 19.4 Å². The quantitative estimate of drug-likeness (QED) is 0.670. The molecule has 18 heavy (non-hydrogen) atoms. The van der Waals surface area contributed by atoms with Crippen LogP contribution in [0.15, 0.2) is 12.4 Å². The fourth-order valence-corrected chi connectivity index (χ4v) is 1.37. The normalized spacial score (nSPS) is 10.2. The van der Waals surface area contributed by atoms with Crippen molar-refractivity contribution in [1.82, 2.24) is 9.97 Å². The molecule has 0 aliphatic rings. The van der Waals surface area contributed by atoms with E-state index in [0.29, 0.717) is 25.5 Å². The van der Waals surface area contributed by atoms with Crippen LogP contribution in [0.5, 0.6) is 0 Å². The highest BCUT2D eigenvalue weighted by Crippen LogP contribution is 2.09. The predicted octanol–water partition coefficient (Wildman–Crippen LogP) is -0.292. The zero-order valence-electron chi connectivity index (χ0n) is 10.5. The Bertz CT molecular complexity index is 386. The Morgan fingerprint density at radius 1 is 1.39 bits per heavy atom. The van der Waals surface area contributed by atoms with Gasteiger partial charge in [-0.05, 0) is 0 Å². The van der Waals surface area contributed by atoms with Crippen LogP contribution in [0.3, 0.4) is 0 Å². The summed E-state index contributed by atoms with van der Waals surface area (Å²) in [5.74, 6) is -0.0379. The van der Waals surface area contributed by atoms with Gasteiger partial charge in [-0.3, -0.25) is 4.98 Å². The van der Waals surface area contributed by atoms with Crippen molar-refractivity contribution in [1.29, 1.82) is 0 Å². The number of rotatable bonds is 7. The molecule has 0 fully saturated rings. The van der Waals surface area contributed by atoms with Crippen molar-refractivity contribution in [3.8, 4) is 0 Å². The molecular formula is C11H17N3O4. The standard InChI is InChI=1S/C11H17N3O4/c1-17-6-4-14(3-5-15)10-8-12-7-9(13-10)11(16)18-2/h7-8,15H,3-6H2,1-2H3. The summed E-state index contributed by atoms with van der Waals surface area (Å²) in [6.07, 6.45) is 2.86. The molecule has 1 aromatic rings. The summed E-state index contributed by atoms with van der Waals surface area (Å²) in [6, 6.07) is 0. The summed E-state index contributed by atoms with van der Waals surface area (Å²) >= 11 is 0. The molecule has 1 N–H and O–H groups in total. The third-order valence-electron chi connectivity index (χ3n) is 2.28. The van der Waals surface area contributed by atoms with E-state index in [0.717, 1.165) is 0 Å². The summed E-state index contributed by atoms with van der Waals surface area (Å²) in [5.41, 5.74) is 0.135. The third kappa shape index (κ3) is 3.94. The first-order valence-corrected chi connectivity index (χ1v) is 5.48. The average molecular weight is 255 g/mol. The Morgan fingerprint density at radius 3 is 2.78 bits per heavy atom. The van der Waals surface area contributed by atoms with E-state index in [2.05, 4.69) is 14.7 Å². The average Bonchev–Trinajstić information content (AvgIpc) is 2.42. The lowest BCUT2D eigenvalue weighted by molar-refractivity contribution is 0.0593. The van der Waals surface area contributed by atoms with Crippen LogP contribution in [-0.4, -0.2) is 61.6 Å². The molecule has 1 aromatic heterocycles. The fourth-order valence-electron chi connectivity index (χ4n) is 1.37. The molecule has 0 unspecified atom stereocenters. The van der Waals surface area contributed by atoms with Crippen LogP contribution in [0, 0.1) is 0 Å². The zero-order valence-corrected chi connectivity index (χ0v) is 10.5. The maximum atomic E-state index is 11.3. The summed E-state index contributed by atoms with van der Waals surface area (Å²) < 4.78 is 9.55. The number of hydrogen-bond acceptors (Lipinski definition) is 7. The Balaban J connectivity index is 2.86. The number of carbonyl (C=O) groups is 1. The van der Waals surface area contributed by atoms with Gasteiger partial charge < -0.3 is 19.5 Å². The number of aliphatic hydroxyl groups excluding tert-OH is 1. The lowest BCUT2D eigenvalue weighted by atomic mass is 10.4. The first-order valence-electron chi connectivity index (χ1n) is 5.48. The van der Waals surface area contributed by atoms with Gasteiger partial charge in [-0.25, -0.2) is 9.78 Å². The van der Waals surface area contributed by atoms with Crippen molar-refractivity contribution >= 4 is 11.8 Å². The number of hydrogen-bond donors (Lipinski definition) is 1. The van der Waals surface area contributed by atoms with E-state index in [1.165, 1.54) is 19.5 Å². The third-order valence-corrected chi connectivity index (χ3v) is 2.28. The zero-order chi connectivity index (χ0) is 13.4. The summed E-state index contributed by atoms with van der Waals surface area (Å²) in [7, 11) is 2.88. The fraction of sp³-hybridized carbons (Fsp3) is 0.545. The molecule has 1 heterocycles. The highest BCUT2D eigenvalue weighted by molar-refractivity contribution is 5.87. The predicted molar refractivity (Wildman–Crippen MR) is 64.5 cm³/mol. The molecule has 0 radical (unpaired) electrons. The lowest BCUT2D eigenvalue weighted by Gasteiger charge is -2.22. The Hall–Kier alpha value is -1.73. The molecule has 0 amide bonds. The molecule has 0 atom stereocenters. The monoisotopic (exact) mass is 255 g/mol. The van der Waals surface area contributed by atoms with E-state index >= 15 is 0 Å². The first kappa shape index (κ1) is 14.3. The van der Waals surface area contributed by atoms with Crippen LogP contribution in [0.4, 0.5) is 5.82 Å². The van der Waals surface area contributed by atoms with Crippen LogP contribution in [-0.2, 0) is 9.47 Å². The molecule has 0 bridgehead atoms. The van der Waals surface area contributed by atoms with Gasteiger partial charge in [0, 0.05) is 20.2 Å². The number of ether oxygens (including phenoxy) is 2. The van der Waals surface area contributed by atoms with E-state index in [9.17, 15) is 4.79 Å². The van der Waals surface area contributed by atoms with Crippen LogP contribution >= 0.6 is 0 Å². The molecule has 7 nitrogen and oxygen atoms in total. The lowest BCUT2D eigenvalue weighted by Crippen LogP contribution is -2.31. The Kier molecular flexibility index (Phi) is 6.03. The van der Waals surface area contributed by atoms with Crippen molar-refractivity contribution in [2.24, 2.45) is 0 Å². The Labute approximate surface area is 105 Å². The molecule has 0 saturated carbocycles. The van der Waals surface area contributed by atoms with Crippen LogP contribution in [0.1, 0.15) is 10.5 Å². The number of aromatic nitrogens is 2. The van der Waals surface area contributed by atoms with Gasteiger partial charge in [0.05, 0.1) is 32.7 Å². The van der Waals surface area contributed by atoms with Crippen LogP contribution < -0.4 is 4.90 Å². The van der Waals surface area contributed by atoms with Gasteiger partial charge in [-0.15, -0.1) is 0 Å². The minimum absolute atomic E-state index is 0.0200. The molecule has 0 aliphatic heterocycles. The van der Waals surface area contributed by atoms with Crippen LogP contribution in [0.2, 0.25) is 0 Å². The number of esters is 1. The largest absolute Gasteiger partial charge is 0.464 e. The van der Waals surface area contributed by atoms with Crippen molar-refractivity contribution in [2.45, 2.75) is 0 Å². The number of anilines is 1. The summed E-state index contributed by atoms with van der Waals surface area (Å²) in [6.45, 7) is 1.41. The van der Waals surface area contributed by atoms with Gasteiger partial charge in [0.25, 0.3) is 0 Å². The molecule has 7 heteroatoms. The van der Waals surface area contributed by atoms with Crippen molar-refractivity contribution in [2.75, 3.05) is 45.4 Å². The van der Waals surface area contributed by atoms with Crippen molar-refractivity contribution in [3.05, 3.63) is 18.1 Å². The van der Waals surface area contributed by atoms with E-state index in [1.54, 1.807) is 12.0 Å². The van der Waals surface area contributed by atoms with Gasteiger partial charge in [-0.1, -0.05) is 0 Å². The molecule has 0 saturated heterocycles. The molecule has 0 aromatic carbocycles. The summed E-state index contributed by atoms with van der Waals surface area (Å²) in [5, 5.41) is 9.00. The topological polar surface area (TPSA) is 84.8 Å². The van der Waals surface area contributed by atoms with Gasteiger partial charge >= 0.3 is 5.97 Å². The maximum Gasteiger partial charge on any atom is 0.358 e. The molecular weight excluding hydrogens is 238 g/mol. The van der Waals surface area contributed by atoms with E-state index in [-0.39, 0.29) is 12.3 Å².